The zero-order valence-corrected chi connectivity index (χ0v) is 23.8. The van der Waals surface area contributed by atoms with Crippen molar-refractivity contribution >= 4 is 36.3 Å². The lowest BCUT2D eigenvalue weighted by molar-refractivity contribution is -0.215. The van der Waals surface area contributed by atoms with Crippen LogP contribution in [0, 0.1) is 69.5 Å². The molecule has 0 radical (unpaired) electrons. The summed E-state index contributed by atoms with van der Waals surface area (Å²) in [4.78, 5) is 46.7. The molecular weight excluding hydrogens is 587 g/mol. The van der Waals surface area contributed by atoms with E-state index in [1.165, 1.54) is 0 Å². The topological polar surface area (TPSA) is 96.0 Å². The highest BCUT2D eigenvalue weighted by molar-refractivity contribution is 8.13. The Balaban J connectivity index is 1.50. The molecule has 10 atom stereocenters. The maximum atomic E-state index is 14.5. The van der Waals surface area contributed by atoms with Crippen molar-refractivity contribution in [3.63, 3.8) is 0 Å². The van der Waals surface area contributed by atoms with Crippen LogP contribution in [-0.4, -0.2) is 42.8 Å². The van der Waals surface area contributed by atoms with E-state index in [0.717, 1.165) is 0 Å². The van der Waals surface area contributed by atoms with Gasteiger partial charge in [0.1, 0.15) is 18.3 Å². The predicted octanol–water partition coefficient (Wildman–Crippen LogP) is 5.50. The summed E-state index contributed by atoms with van der Waals surface area (Å²) in [5, 5.41) is -0.805. The van der Waals surface area contributed by atoms with Crippen molar-refractivity contribution in [3.8, 4) is 0 Å². The van der Waals surface area contributed by atoms with E-state index in [9.17, 15) is 41.1 Å². The first-order chi connectivity index (χ1) is 19.9. The summed E-state index contributed by atoms with van der Waals surface area (Å²) in [6.07, 6.45) is 1.78. The van der Waals surface area contributed by atoms with Gasteiger partial charge in [0.05, 0.1) is 4.90 Å². The zero-order valence-electron chi connectivity index (χ0n) is 23.0. The van der Waals surface area contributed by atoms with Gasteiger partial charge in [-0.3, -0.25) is 19.2 Å². The molecule has 0 bridgehead atoms. The molecule has 0 heterocycles. The van der Waals surface area contributed by atoms with Crippen LogP contribution < -0.4 is 0 Å². The number of thioether (sulfide) groups is 1. The van der Waals surface area contributed by atoms with Crippen LogP contribution in [0.4, 0.5) is 22.0 Å². The molecule has 0 aliphatic heterocycles. The molecule has 0 amide bonds. The standard InChI is InChI=1S/C29H31F5O7S/c1-28-6-5-14(39-10-35)7-13(28)8-18(40-11-36)20-15-3-4-16(29(15,2)19(41-12-37)9-17(20)28)27(38)42-26-24(33)22(31)21(30)23(32)25(26)34/h10-20H,3-9H2,1-2H3/t13-,14-,15+,16?,17+,18-,19+,20+,28+,29+/m1/s1. The Bertz CT molecular complexity index is 1250. The molecule has 4 aliphatic carbocycles. The maximum Gasteiger partial charge on any atom is 0.293 e. The van der Waals surface area contributed by atoms with Crippen LogP contribution in [0.1, 0.15) is 58.8 Å². The number of benzene rings is 1. The Morgan fingerprint density at radius 1 is 0.786 bits per heavy atom. The van der Waals surface area contributed by atoms with Gasteiger partial charge < -0.3 is 14.2 Å². The van der Waals surface area contributed by atoms with Crippen molar-refractivity contribution in [1.82, 2.24) is 0 Å². The second-order valence-electron chi connectivity index (χ2n) is 12.4. The summed E-state index contributed by atoms with van der Waals surface area (Å²) in [5.41, 5.74) is -1.35. The highest BCUT2D eigenvalue weighted by atomic mass is 32.2. The monoisotopic (exact) mass is 618 g/mol. The molecule has 0 spiro atoms. The third kappa shape index (κ3) is 4.61. The summed E-state index contributed by atoms with van der Waals surface area (Å²) >= 11 is -0.0410. The van der Waals surface area contributed by atoms with Gasteiger partial charge in [0.25, 0.3) is 19.4 Å². The van der Waals surface area contributed by atoms with Gasteiger partial charge in [0.2, 0.25) is 5.82 Å². The van der Waals surface area contributed by atoms with Gasteiger partial charge in [-0.1, -0.05) is 13.8 Å². The molecule has 5 rings (SSSR count). The van der Waals surface area contributed by atoms with Gasteiger partial charge >= 0.3 is 0 Å². The van der Waals surface area contributed by atoms with Crippen LogP contribution in [0.15, 0.2) is 4.90 Å². The second-order valence-corrected chi connectivity index (χ2v) is 13.4. The lowest BCUT2D eigenvalue weighted by atomic mass is 9.43. The zero-order chi connectivity index (χ0) is 30.6. The highest BCUT2D eigenvalue weighted by Gasteiger charge is 2.68. The van der Waals surface area contributed by atoms with E-state index in [1.54, 1.807) is 6.92 Å². The van der Waals surface area contributed by atoms with Crippen molar-refractivity contribution < 1.29 is 55.3 Å². The molecule has 7 nitrogen and oxygen atoms in total. The number of hydrogen-bond acceptors (Lipinski definition) is 8. The fourth-order valence-electron chi connectivity index (χ4n) is 9.02. The largest absolute Gasteiger partial charge is 0.465 e. The Morgan fingerprint density at radius 2 is 1.40 bits per heavy atom. The molecule has 4 aliphatic rings. The van der Waals surface area contributed by atoms with E-state index >= 15 is 0 Å². The quantitative estimate of drug-likeness (QED) is 0.0941. The van der Waals surface area contributed by atoms with Gasteiger partial charge in [-0.25, -0.2) is 22.0 Å². The number of rotatable bonds is 8. The number of halogens is 5. The Labute approximate surface area is 243 Å². The minimum atomic E-state index is -2.32. The van der Waals surface area contributed by atoms with Crippen LogP contribution >= 0.6 is 11.8 Å². The first-order valence-electron chi connectivity index (χ1n) is 13.9. The SMILES string of the molecule is C[C@]12CC[C@@H](OC=O)C[C@@H]1C[C@@H](OC=O)[C@@H]1[C@@H]2C[C@H](OC=O)[C@]2(C)C(C(=O)Sc3c(F)c(F)c(F)c(F)c3F)CC[C@@H]12. The van der Waals surface area contributed by atoms with Crippen LogP contribution in [0.2, 0.25) is 0 Å². The molecule has 1 aromatic rings. The van der Waals surface area contributed by atoms with E-state index < -0.39 is 62.6 Å². The van der Waals surface area contributed by atoms with E-state index in [4.69, 9.17) is 14.2 Å². The Hall–Kier alpha value is -2.70. The normalized spacial score (nSPS) is 38.8. The van der Waals surface area contributed by atoms with Crippen LogP contribution in [0.25, 0.3) is 0 Å². The lowest BCUT2D eigenvalue weighted by Crippen LogP contribution is -2.63. The molecule has 0 saturated heterocycles. The summed E-state index contributed by atoms with van der Waals surface area (Å²) < 4.78 is 86.8. The summed E-state index contributed by atoms with van der Waals surface area (Å²) in [5.74, 6) is -12.4. The van der Waals surface area contributed by atoms with Crippen molar-refractivity contribution in [2.45, 2.75) is 82.0 Å². The smallest absolute Gasteiger partial charge is 0.293 e. The van der Waals surface area contributed by atoms with E-state index in [2.05, 4.69) is 6.92 Å². The number of ether oxygens (including phenoxy) is 3. The van der Waals surface area contributed by atoms with Crippen LogP contribution in [0.3, 0.4) is 0 Å². The van der Waals surface area contributed by atoms with E-state index in [0.29, 0.717) is 57.9 Å². The first kappa shape index (κ1) is 30.7. The molecule has 0 aromatic heterocycles. The minimum Gasteiger partial charge on any atom is -0.465 e. The van der Waals surface area contributed by atoms with Gasteiger partial charge in [0.15, 0.2) is 28.4 Å². The van der Waals surface area contributed by atoms with Gasteiger partial charge in [0, 0.05) is 17.3 Å². The molecule has 13 heteroatoms. The maximum absolute atomic E-state index is 14.5. The molecule has 0 N–H and O–H groups in total. The van der Waals surface area contributed by atoms with Crippen molar-refractivity contribution in [2.24, 2.45) is 40.4 Å². The number of fused-ring (bicyclic) bond motifs is 5. The molecular formula is C29H31F5O7S. The average molecular weight is 619 g/mol. The first-order valence-corrected chi connectivity index (χ1v) is 14.8. The molecule has 4 fully saturated rings. The molecule has 1 aromatic carbocycles. The molecule has 42 heavy (non-hydrogen) atoms. The van der Waals surface area contributed by atoms with Crippen LogP contribution in [0.5, 0.6) is 0 Å². The number of carbonyl (C=O) groups is 4. The van der Waals surface area contributed by atoms with Crippen molar-refractivity contribution in [2.75, 3.05) is 0 Å². The Kier molecular flexibility index (Phi) is 8.36. The molecule has 1 unspecified atom stereocenters. The third-order valence-electron chi connectivity index (χ3n) is 11.0. The summed E-state index contributed by atoms with van der Waals surface area (Å²) in [7, 11) is 0. The predicted molar refractivity (Wildman–Crippen MR) is 136 cm³/mol. The van der Waals surface area contributed by atoms with Gasteiger partial charge in [-0.2, -0.15) is 0 Å². The average Bonchev–Trinajstić information content (AvgIpc) is 3.32. The van der Waals surface area contributed by atoms with Crippen molar-refractivity contribution in [1.29, 1.82) is 0 Å². The number of hydrogen-bond donors (Lipinski definition) is 0. The number of carbonyl (C=O) groups excluding carboxylic acids is 4. The molecule has 4 saturated carbocycles. The third-order valence-corrected chi connectivity index (χ3v) is 12.1. The summed E-state index contributed by atoms with van der Waals surface area (Å²) in [6, 6.07) is 0. The van der Waals surface area contributed by atoms with Crippen molar-refractivity contribution in [3.05, 3.63) is 29.1 Å². The minimum absolute atomic E-state index is 0.0345. The van der Waals surface area contributed by atoms with E-state index in [1.807, 2.05) is 0 Å². The highest BCUT2D eigenvalue weighted by Crippen LogP contribution is 2.68. The molecule has 230 valence electrons. The Morgan fingerprint density at radius 3 is 2.02 bits per heavy atom. The fourth-order valence-corrected chi connectivity index (χ4v) is 10.1. The van der Waals surface area contributed by atoms with Crippen LogP contribution in [-0.2, 0) is 33.4 Å². The van der Waals surface area contributed by atoms with Gasteiger partial charge in [-0.05, 0) is 79.9 Å². The lowest BCUT2D eigenvalue weighted by Gasteiger charge is -2.63. The van der Waals surface area contributed by atoms with E-state index in [-0.39, 0.29) is 53.4 Å². The second kappa shape index (κ2) is 11.4. The van der Waals surface area contributed by atoms with Gasteiger partial charge in [-0.15, -0.1) is 0 Å². The summed E-state index contributed by atoms with van der Waals surface area (Å²) in [6.45, 7) is 4.99. The fraction of sp³-hybridized carbons (Fsp3) is 0.655.